The molecule has 4 nitrogen and oxygen atoms in total. The molecule has 0 saturated carbocycles. The summed E-state index contributed by atoms with van der Waals surface area (Å²) in [4.78, 5) is 12.1. The standard InChI is InChI=1S/C22H25NO3S/c24-20(25)4-2-1-3-15-5-6-19-18(13-15)21(16-7-10-23-11-8-16)22-17(14-26-19)9-12-27-22/h5-6,9,12-13,23H,1-4,7-8,10-11,14H2,(H,24,25). The fourth-order valence-electron chi connectivity index (χ4n) is 3.94. The third-order valence-corrected chi connectivity index (χ3v) is 6.31. The summed E-state index contributed by atoms with van der Waals surface area (Å²) < 4.78 is 6.15. The van der Waals surface area contributed by atoms with Gasteiger partial charge in [0.25, 0.3) is 0 Å². The Labute approximate surface area is 163 Å². The number of thiophene rings is 1. The minimum Gasteiger partial charge on any atom is -0.488 e. The van der Waals surface area contributed by atoms with Crippen molar-refractivity contribution in [3.63, 3.8) is 0 Å². The van der Waals surface area contributed by atoms with Crippen molar-refractivity contribution < 1.29 is 14.6 Å². The fraction of sp³-hybridized carbons (Fsp3) is 0.409. The molecule has 1 aromatic heterocycles. The topological polar surface area (TPSA) is 58.6 Å². The Bertz CT molecular complexity index is 860. The molecule has 2 aromatic rings. The number of ether oxygens (including phenoxy) is 1. The summed E-state index contributed by atoms with van der Waals surface area (Å²) >= 11 is 1.81. The van der Waals surface area contributed by atoms with Crippen LogP contribution in [0.15, 0.2) is 35.2 Å². The van der Waals surface area contributed by atoms with Gasteiger partial charge in [0.15, 0.2) is 0 Å². The van der Waals surface area contributed by atoms with Gasteiger partial charge in [0, 0.05) is 28.0 Å². The minimum atomic E-state index is -0.714. The summed E-state index contributed by atoms with van der Waals surface area (Å²) in [6.07, 6.45) is 4.92. The third kappa shape index (κ3) is 4.09. The fourth-order valence-corrected chi connectivity index (χ4v) is 4.95. The Morgan fingerprint density at radius 3 is 2.85 bits per heavy atom. The summed E-state index contributed by atoms with van der Waals surface area (Å²) in [5.41, 5.74) is 6.65. The van der Waals surface area contributed by atoms with Gasteiger partial charge in [-0.25, -0.2) is 0 Å². The number of aliphatic carboxylic acids is 1. The van der Waals surface area contributed by atoms with Crippen molar-refractivity contribution >= 4 is 22.9 Å². The highest BCUT2D eigenvalue weighted by molar-refractivity contribution is 7.11. The number of carboxylic acid groups (broad SMARTS) is 1. The number of benzene rings is 1. The zero-order valence-electron chi connectivity index (χ0n) is 15.4. The molecule has 142 valence electrons. The molecule has 27 heavy (non-hydrogen) atoms. The summed E-state index contributed by atoms with van der Waals surface area (Å²) in [7, 11) is 0. The van der Waals surface area contributed by atoms with Crippen LogP contribution in [0.2, 0.25) is 0 Å². The molecular formula is C22H25NO3S. The predicted molar refractivity (Wildman–Crippen MR) is 108 cm³/mol. The van der Waals surface area contributed by atoms with Crippen LogP contribution in [-0.2, 0) is 17.8 Å². The van der Waals surface area contributed by atoms with Crippen LogP contribution < -0.4 is 10.1 Å². The van der Waals surface area contributed by atoms with Crippen LogP contribution in [0.5, 0.6) is 5.75 Å². The Morgan fingerprint density at radius 1 is 1.19 bits per heavy atom. The molecule has 0 unspecified atom stereocenters. The lowest BCUT2D eigenvalue weighted by Crippen LogP contribution is -2.23. The molecule has 4 rings (SSSR count). The second-order valence-electron chi connectivity index (χ2n) is 7.22. The van der Waals surface area contributed by atoms with Crippen molar-refractivity contribution in [1.82, 2.24) is 5.32 Å². The normalized spacial score (nSPS) is 16.3. The van der Waals surface area contributed by atoms with Crippen LogP contribution in [0.3, 0.4) is 0 Å². The molecule has 5 heteroatoms. The number of carbonyl (C=O) groups is 1. The number of piperidine rings is 1. The number of aryl methyl sites for hydroxylation is 1. The van der Waals surface area contributed by atoms with Gasteiger partial charge in [-0.1, -0.05) is 11.6 Å². The predicted octanol–water partition coefficient (Wildman–Crippen LogP) is 4.62. The highest BCUT2D eigenvalue weighted by Gasteiger charge is 2.24. The summed E-state index contributed by atoms with van der Waals surface area (Å²) in [6.45, 7) is 2.69. The number of nitrogens with one attached hydrogen (secondary N) is 1. The van der Waals surface area contributed by atoms with E-state index in [1.54, 1.807) is 0 Å². The number of hydrogen-bond donors (Lipinski definition) is 2. The molecule has 3 heterocycles. The Kier molecular flexibility index (Phi) is 5.60. The lowest BCUT2D eigenvalue weighted by Gasteiger charge is -2.21. The molecule has 1 fully saturated rings. The minimum absolute atomic E-state index is 0.245. The van der Waals surface area contributed by atoms with Crippen LogP contribution in [0.4, 0.5) is 0 Å². The van der Waals surface area contributed by atoms with E-state index in [4.69, 9.17) is 9.84 Å². The largest absolute Gasteiger partial charge is 0.488 e. The van der Waals surface area contributed by atoms with Crippen LogP contribution in [0.1, 0.15) is 53.7 Å². The number of rotatable bonds is 5. The summed E-state index contributed by atoms with van der Waals surface area (Å²) in [5.74, 6) is 0.252. The zero-order valence-corrected chi connectivity index (χ0v) is 16.2. The highest BCUT2D eigenvalue weighted by Crippen LogP contribution is 2.43. The van der Waals surface area contributed by atoms with Crippen molar-refractivity contribution in [3.05, 3.63) is 56.8 Å². The molecule has 0 atom stereocenters. The van der Waals surface area contributed by atoms with Crippen LogP contribution in [0.25, 0.3) is 5.57 Å². The Balaban J connectivity index is 1.68. The second-order valence-corrected chi connectivity index (χ2v) is 8.14. The third-order valence-electron chi connectivity index (χ3n) is 5.34. The summed E-state index contributed by atoms with van der Waals surface area (Å²) in [5, 5.41) is 14.4. The average molecular weight is 384 g/mol. The molecule has 2 N–H and O–H groups in total. The molecular weight excluding hydrogens is 358 g/mol. The first-order valence-electron chi connectivity index (χ1n) is 9.70. The molecule has 1 saturated heterocycles. The molecule has 2 aliphatic rings. The van der Waals surface area contributed by atoms with E-state index in [1.807, 2.05) is 11.3 Å². The monoisotopic (exact) mass is 383 g/mol. The van der Waals surface area contributed by atoms with Crippen LogP contribution in [-0.4, -0.2) is 24.2 Å². The number of fused-ring (bicyclic) bond motifs is 2. The van der Waals surface area contributed by atoms with Gasteiger partial charge in [-0.15, -0.1) is 11.3 Å². The lowest BCUT2D eigenvalue weighted by molar-refractivity contribution is -0.137. The lowest BCUT2D eigenvalue weighted by atomic mass is 9.90. The van der Waals surface area contributed by atoms with Gasteiger partial charge in [-0.05, 0) is 74.3 Å². The quantitative estimate of drug-likeness (QED) is 0.740. The number of unbranched alkanes of at least 4 members (excludes halogenated alkanes) is 1. The van der Waals surface area contributed by atoms with E-state index < -0.39 is 5.97 Å². The second kappa shape index (κ2) is 8.28. The molecule has 0 radical (unpaired) electrons. The van der Waals surface area contributed by atoms with Crippen molar-refractivity contribution in [2.45, 2.75) is 45.1 Å². The van der Waals surface area contributed by atoms with Gasteiger partial charge in [0.05, 0.1) is 0 Å². The first kappa shape index (κ1) is 18.3. The molecule has 1 aromatic carbocycles. The van der Waals surface area contributed by atoms with E-state index >= 15 is 0 Å². The van der Waals surface area contributed by atoms with Crippen molar-refractivity contribution in [3.8, 4) is 5.75 Å². The smallest absolute Gasteiger partial charge is 0.303 e. The zero-order chi connectivity index (χ0) is 18.6. The molecule has 0 spiro atoms. The van der Waals surface area contributed by atoms with Crippen molar-refractivity contribution in [1.29, 1.82) is 0 Å². The molecule has 2 aliphatic heterocycles. The maximum absolute atomic E-state index is 10.7. The Hall–Kier alpha value is -2.11. The van der Waals surface area contributed by atoms with Gasteiger partial charge in [-0.3, -0.25) is 4.79 Å². The summed E-state index contributed by atoms with van der Waals surface area (Å²) in [6, 6.07) is 8.68. The Morgan fingerprint density at radius 2 is 2.04 bits per heavy atom. The van der Waals surface area contributed by atoms with E-state index in [2.05, 4.69) is 35.0 Å². The van der Waals surface area contributed by atoms with E-state index in [0.717, 1.165) is 50.9 Å². The van der Waals surface area contributed by atoms with Crippen LogP contribution >= 0.6 is 11.3 Å². The first-order chi connectivity index (χ1) is 13.2. The van der Waals surface area contributed by atoms with Crippen LogP contribution in [0, 0.1) is 0 Å². The first-order valence-corrected chi connectivity index (χ1v) is 10.6. The van der Waals surface area contributed by atoms with Gasteiger partial charge >= 0.3 is 5.97 Å². The van der Waals surface area contributed by atoms with E-state index in [9.17, 15) is 4.79 Å². The maximum atomic E-state index is 10.7. The number of carboxylic acids is 1. The van der Waals surface area contributed by atoms with Gasteiger partial charge in [-0.2, -0.15) is 0 Å². The number of hydrogen-bond acceptors (Lipinski definition) is 4. The maximum Gasteiger partial charge on any atom is 0.303 e. The molecule has 0 bridgehead atoms. The van der Waals surface area contributed by atoms with E-state index in [0.29, 0.717) is 6.61 Å². The van der Waals surface area contributed by atoms with Crippen molar-refractivity contribution in [2.24, 2.45) is 0 Å². The van der Waals surface area contributed by atoms with Gasteiger partial charge in [0.1, 0.15) is 12.4 Å². The van der Waals surface area contributed by atoms with Gasteiger partial charge in [0.2, 0.25) is 0 Å². The molecule has 0 aliphatic carbocycles. The van der Waals surface area contributed by atoms with E-state index in [-0.39, 0.29) is 6.42 Å². The average Bonchev–Trinajstić information content (AvgIpc) is 3.08. The SMILES string of the molecule is O=C(O)CCCCc1ccc2c(c1)C(=C1CCNCC1)c1sccc1CO2. The van der Waals surface area contributed by atoms with Crippen molar-refractivity contribution in [2.75, 3.05) is 13.1 Å². The molecule has 0 amide bonds. The van der Waals surface area contributed by atoms with E-state index in [1.165, 1.54) is 32.7 Å². The van der Waals surface area contributed by atoms with Gasteiger partial charge < -0.3 is 15.2 Å². The highest BCUT2D eigenvalue weighted by atomic mass is 32.1.